The highest BCUT2D eigenvalue weighted by molar-refractivity contribution is 6.31. The Hall–Kier alpha value is -1.82. The molecular weight excluding hydrogens is 333 g/mol. The molecule has 0 bridgehead atoms. The third-order valence-corrected chi connectivity index (χ3v) is 4.76. The van der Waals surface area contributed by atoms with E-state index in [0.29, 0.717) is 44.2 Å². The molecule has 130 valence electrons. The van der Waals surface area contributed by atoms with E-state index >= 15 is 0 Å². The minimum absolute atomic E-state index is 0.0273. The Morgan fingerprint density at radius 3 is 2.58 bits per heavy atom. The van der Waals surface area contributed by atoms with Crippen LogP contribution in [0.15, 0.2) is 18.2 Å². The van der Waals surface area contributed by atoms with Crippen molar-refractivity contribution in [2.45, 2.75) is 25.7 Å². The molecule has 0 unspecified atom stereocenters. The van der Waals surface area contributed by atoms with Gasteiger partial charge in [-0.2, -0.15) is 0 Å². The number of anilines is 1. The van der Waals surface area contributed by atoms with Crippen molar-refractivity contribution >= 4 is 29.2 Å². The maximum Gasteiger partial charge on any atom is 0.321 e. The molecule has 0 radical (unpaired) electrons. The lowest BCUT2D eigenvalue weighted by Gasteiger charge is -2.22. The summed E-state index contributed by atoms with van der Waals surface area (Å²) in [7, 11) is 0. The number of benzene rings is 1. The van der Waals surface area contributed by atoms with Gasteiger partial charge >= 0.3 is 6.03 Å². The predicted molar refractivity (Wildman–Crippen MR) is 90.5 cm³/mol. The second kappa shape index (κ2) is 7.38. The SMILES string of the molecule is O=C(CC1CC1)N1CCCN(C(=O)Nc2ccc(F)c(Cl)c2)CC1. The van der Waals surface area contributed by atoms with Crippen LogP contribution in [0.4, 0.5) is 14.9 Å². The van der Waals surface area contributed by atoms with Crippen LogP contribution in [-0.4, -0.2) is 47.9 Å². The highest BCUT2D eigenvalue weighted by Gasteiger charge is 2.28. The van der Waals surface area contributed by atoms with Gasteiger partial charge in [-0.05, 0) is 43.4 Å². The second-order valence-corrected chi connectivity index (χ2v) is 6.84. The lowest BCUT2D eigenvalue weighted by atomic mass is 10.2. The topological polar surface area (TPSA) is 52.7 Å². The van der Waals surface area contributed by atoms with Crippen molar-refractivity contribution in [3.8, 4) is 0 Å². The Balaban J connectivity index is 1.53. The Morgan fingerprint density at radius 1 is 1.17 bits per heavy atom. The summed E-state index contributed by atoms with van der Waals surface area (Å²) in [6, 6.07) is 3.83. The third-order valence-electron chi connectivity index (χ3n) is 4.47. The molecule has 2 fully saturated rings. The van der Waals surface area contributed by atoms with Crippen molar-refractivity contribution in [2.24, 2.45) is 5.92 Å². The zero-order valence-corrected chi connectivity index (χ0v) is 14.2. The molecule has 1 aromatic rings. The average molecular weight is 354 g/mol. The van der Waals surface area contributed by atoms with Crippen LogP contribution < -0.4 is 5.32 Å². The zero-order chi connectivity index (χ0) is 17.1. The van der Waals surface area contributed by atoms with Crippen LogP contribution in [0.3, 0.4) is 0 Å². The van der Waals surface area contributed by atoms with Gasteiger partial charge in [0.2, 0.25) is 5.91 Å². The second-order valence-electron chi connectivity index (χ2n) is 6.43. The molecule has 0 spiro atoms. The smallest absolute Gasteiger partial charge is 0.321 e. The van der Waals surface area contributed by atoms with Crippen LogP contribution in [0.25, 0.3) is 0 Å². The van der Waals surface area contributed by atoms with Crippen molar-refractivity contribution in [1.29, 1.82) is 0 Å². The summed E-state index contributed by atoms with van der Waals surface area (Å²) in [5.41, 5.74) is 0.456. The monoisotopic (exact) mass is 353 g/mol. The van der Waals surface area contributed by atoms with E-state index in [1.807, 2.05) is 4.90 Å². The van der Waals surface area contributed by atoms with E-state index in [0.717, 1.165) is 19.3 Å². The normalized spacial score (nSPS) is 18.2. The summed E-state index contributed by atoms with van der Waals surface area (Å²) in [6.45, 7) is 2.34. The van der Waals surface area contributed by atoms with Crippen LogP contribution in [0.2, 0.25) is 5.02 Å². The summed E-state index contributed by atoms with van der Waals surface area (Å²) in [6.07, 6.45) is 3.72. The molecule has 5 nitrogen and oxygen atoms in total. The number of hydrogen-bond acceptors (Lipinski definition) is 2. The molecule has 1 aromatic carbocycles. The molecule has 1 aliphatic carbocycles. The molecule has 0 aromatic heterocycles. The summed E-state index contributed by atoms with van der Waals surface area (Å²) in [5, 5.41) is 2.70. The van der Waals surface area contributed by atoms with E-state index in [1.165, 1.54) is 18.2 Å². The van der Waals surface area contributed by atoms with Gasteiger partial charge in [-0.3, -0.25) is 4.79 Å². The first kappa shape index (κ1) is 17.0. The number of hydrogen-bond donors (Lipinski definition) is 1. The fraction of sp³-hybridized carbons (Fsp3) is 0.529. The summed E-state index contributed by atoms with van der Waals surface area (Å²) in [5.74, 6) is 0.253. The molecule has 2 aliphatic rings. The van der Waals surface area contributed by atoms with Crippen molar-refractivity contribution in [2.75, 3.05) is 31.5 Å². The number of halogens is 2. The van der Waals surface area contributed by atoms with Crippen LogP contribution in [-0.2, 0) is 4.79 Å². The quantitative estimate of drug-likeness (QED) is 0.906. The summed E-state index contributed by atoms with van der Waals surface area (Å²) < 4.78 is 13.2. The van der Waals surface area contributed by atoms with Gasteiger partial charge in [0.05, 0.1) is 5.02 Å². The molecule has 1 N–H and O–H groups in total. The van der Waals surface area contributed by atoms with Crippen molar-refractivity contribution in [1.82, 2.24) is 9.80 Å². The fourth-order valence-electron chi connectivity index (χ4n) is 2.84. The lowest BCUT2D eigenvalue weighted by Crippen LogP contribution is -2.39. The molecular formula is C17H21ClFN3O2. The van der Waals surface area contributed by atoms with Crippen LogP contribution >= 0.6 is 11.6 Å². The third kappa shape index (κ3) is 4.38. The molecule has 1 saturated heterocycles. The Bertz CT molecular complexity index is 636. The van der Waals surface area contributed by atoms with Crippen LogP contribution in [0.1, 0.15) is 25.7 Å². The predicted octanol–water partition coefficient (Wildman–Crippen LogP) is 3.35. The first-order valence-electron chi connectivity index (χ1n) is 8.31. The number of carbonyl (C=O) groups excluding carboxylic acids is 2. The van der Waals surface area contributed by atoms with E-state index in [4.69, 9.17) is 11.6 Å². The van der Waals surface area contributed by atoms with Crippen molar-refractivity contribution in [3.05, 3.63) is 29.0 Å². The summed E-state index contributed by atoms with van der Waals surface area (Å²) >= 11 is 5.73. The minimum Gasteiger partial charge on any atom is -0.341 e. The van der Waals surface area contributed by atoms with Crippen LogP contribution in [0.5, 0.6) is 0 Å². The molecule has 24 heavy (non-hydrogen) atoms. The van der Waals surface area contributed by atoms with E-state index < -0.39 is 5.82 Å². The Labute approximate surface area is 145 Å². The molecule has 1 heterocycles. The fourth-order valence-corrected chi connectivity index (χ4v) is 3.02. The Kier molecular flexibility index (Phi) is 5.23. The van der Waals surface area contributed by atoms with Gasteiger partial charge in [-0.15, -0.1) is 0 Å². The highest BCUT2D eigenvalue weighted by atomic mass is 35.5. The van der Waals surface area contributed by atoms with Gasteiger partial charge in [0.15, 0.2) is 0 Å². The zero-order valence-electron chi connectivity index (χ0n) is 13.4. The van der Waals surface area contributed by atoms with Crippen LogP contribution in [0, 0.1) is 11.7 Å². The number of urea groups is 1. The van der Waals surface area contributed by atoms with Crippen molar-refractivity contribution < 1.29 is 14.0 Å². The van der Waals surface area contributed by atoms with Gasteiger partial charge < -0.3 is 15.1 Å². The minimum atomic E-state index is -0.519. The van der Waals surface area contributed by atoms with Crippen molar-refractivity contribution in [3.63, 3.8) is 0 Å². The molecule has 1 aliphatic heterocycles. The van der Waals surface area contributed by atoms with Gasteiger partial charge in [-0.1, -0.05) is 11.6 Å². The van der Waals surface area contributed by atoms with Gasteiger partial charge in [0.1, 0.15) is 5.82 Å². The van der Waals surface area contributed by atoms with E-state index in [1.54, 1.807) is 4.90 Å². The van der Waals surface area contributed by atoms with Gasteiger partial charge in [0, 0.05) is 38.3 Å². The number of amides is 3. The lowest BCUT2D eigenvalue weighted by molar-refractivity contribution is -0.131. The van der Waals surface area contributed by atoms with Gasteiger partial charge in [-0.25, -0.2) is 9.18 Å². The number of rotatable bonds is 3. The first-order chi connectivity index (χ1) is 11.5. The van der Waals surface area contributed by atoms with E-state index in [2.05, 4.69) is 5.32 Å². The number of carbonyl (C=O) groups is 2. The van der Waals surface area contributed by atoms with E-state index in [-0.39, 0.29) is 17.0 Å². The summed E-state index contributed by atoms with van der Waals surface area (Å²) in [4.78, 5) is 28.1. The first-order valence-corrected chi connectivity index (χ1v) is 8.69. The molecule has 1 saturated carbocycles. The standard InChI is InChI=1S/C17H21ClFN3O2/c18-14-11-13(4-5-15(14)19)20-17(24)22-7-1-6-21(8-9-22)16(23)10-12-2-3-12/h4-5,11-12H,1-3,6-10H2,(H,20,24). The number of nitrogens with zero attached hydrogens (tertiary/aromatic N) is 2. The maximum absolute atomic E-state index is 13.2. The maximum atomic E-state index is 13.2. The van der Waals surface area contributed by atoms with Gasteiger partial charge in [0.25, 0.3) is 0 Å². The Morgan fingerprint density at radius 2 is 1.88 bits per heavy atom. The molecule has 3 amide bonds. The largest absolute Gasteiger partial charge is 0.341 e. The molecule has 3 rings (SSSR count). The number of nitrogens with one attached hydrogen (secondary N) is 1. The van der Waals surface area contributed by atoms with E-state index in [9.17, 15) is 14.0 Å². The molecule has 0 atom stereocenters. The highest BCUT2D eigenvalue weighted by Crippen LogP contribution is 2.33. The average Bonchev–Trinajstić information content (AvgIpc) is 3.36. The molecule has 7 heteroatoms.